The van der Waals surface area contributed by atoms with Crippen molar-refractivity contribution in [3.8, 4) is 11.8 Å². The van der Waals surface area contributed by atoms with E-state index in [-0.39, 0.29) is 6.10 Å². The summed E-state index contributed by atoms with van der Waals surface area (Å²) < 4.78 is 11.3. The quantitative estimate of drug-likeness (QED) is 0.913. The molecule has 6 nitrogen and oxygen atoms in total. The Balaban J connectivity index is 1.61. The van der Waals surface area contributed by atoms with Crippen molar-refractivity contribution >= 4 is 11.5 Å². The molecule has 112 valence electrons. The molecular formula is C16H16N4O2. The highest BCUT2D eigenvalue weighted by atomic mass is 16.5. The van der Waals surface area contributed by atoms with Gasteiger partial charge in [-0.3, -0.25) is 0 Å². The first-order chi connectivity index (χ1) is 10.8. The summed E-state index contributed by atoms with van der Waals surface area (Å²) in [4.78, 5) is 0. The molecule has 1 saturated heterocycles. The maximum Gasteiger partial charge on any atom is 0.163 e. The molecule has 6 heteroatoms. The van der Waals surface area contributed by atoms with Crippen LogP contribution >= 0.6 is 0 Å². The van der Waals surface area contributed by atoms with Crippen LogP contribution in [-0.2, 0) is 4.74 Å². The molecule has 0 aliphatic carbocycles. The average Bonchev–Trinajstić information content (AvgIpc) is 3.08. The second-order valence-electron chi connectivity index (χ2n) is 5.01. The summed E-state index contributed by atoms with van der Waals surface area (Å²) in [6, 6.07) is 12.9. The van der Waals surface area contributed by atoms with Gasteiger partial charge in [0.15, 0.2) is 11.5 Å². The zero-order chi connectivity index (χ0) is 15.2. The molecule has 0 spiro atoms. The highest BCUT2D eigenvalue weighted by Gasteiger charge is 2.15. The van der Waals surface area contributed by atoms with Crippen molar-refractivity contribution in [2.45, 2.75) is 18.9 Å². The van der Waals surface area contributed by atoms with Crippen LogP contribution in [0.2, 0.25) is 0 Å². The predicted molar refractivity (Wildman–Crippen MR) is 80.9 cm³/mol. The molecule has 2 aromatic rings. The number of nitrogens with one attached hydrogen (secondary N) is 1. The smallest absolute Gasteiger partial charge is 0.163 e. The minimum Gasteiger partial charge on any atom is -0.491 e. The van der Waals surface area contributed by atoms with Crippen LogP contribution in [0.3, 0.4) is 0 Å². The molecule has 3 rings (SSSR count). The number of hydrogen-bond acceptors (Lipinski definition) is 6. The van der Waals surface area contributed by atoms with Gasteiger partial charge >= 0.3 is 0 Å². The van der Waals surface area contributed by atoms with E-state index < -0.39 is 0 Å². The number of rotatable bonds is 5. The highest BCUT2D eigenvalue weighted by Crippen LogP contribution is 2.21. The summed E-state index contributed by atoms with van der Waals surface area (Å²) in [5.74, 6) is 1.36. The van der Waals surface area contributed by atoms with Gasteiger partial charge in [0.25, 0.3) is 0 Å². The maximum absolute atomic E-state index is 8.70. The van der Waals surface area contributed by atoms with Crippen molar-refractivity contribution in [3.63, 3.8) is 0 Å². The zero-order valence-corrected chi connectivity index (χ0v) is 12.0. The van der Waals surface area contributed by atoms with Gasteiger partial charge in [-0.25, -0.2) is 0 Å². The van der Waals surface area contributed by atoms with Crippen molar-refractivity contribution in [1.82, 2.24) is 10.2 Å². The number of hydrogen-bond donors (Lipinski definition) is 1. The van der Waals surface area contributed by atoms with Crippen LogP contribution in [0, 0.1) is 11.3 Å². The lowest BCUT2D eigenvalue weighted by Gasteiger charge is -2.12. The summed E-state index contributed by atoms with van der Waals surface area (Å²) in [5.41, 5.74) is 1.14. The van der Waals surface area contributed by atoms with Crippen LogP contribution in [0.15, 0.2) is 36.4 Å². The Morgan fingerprint density at radius 1 is 1.32 bits per heavy atom. The third-order valence-corrected chi connectivity index (χ3v) is 3.35. The van der Waals surface area contributed by atoms with Gasteiger partial charge < -0.3 is 14.8 Å². The van der Waals surface area contributed by atoms with Crippen molar-refractivity contribution in [2.24, 2.45) is 0 Å². The summed E-state index contributed by atoms with van der Waals surface area (Å²) in [6.07, 6.45) is 2.35. The second kappa shape index (κ2) is 6.87. The van der Waals surface area contributed by atoms with Crippen LogP contribution in [0.1, 0.15) is 18.5 Å². The van der Waals surface area contributed by atoms with Crippen molar-refractivity contribution < 1.29 is 9.47 Å². The standard InChI is InChI=1S/C16H16N4O2/c17-10-13-6-7-16(20-19-13)18-12-3-1-4-14(9-12)22-11-15-5-2-8-21-15/h1,3-4,6-7,9,15H,2,5,8,11H2,(H,18,20). The molecule has 0 amide bonds. The van der Waals surface area contributed by atoms with Crippen LogP contribution in [0.25, 0.3) is 0 Å². The predicted octanol–water partition coefficient (Wildman–Crippen LogP) is 2.65. The van der Waals surface area contributed by atoms with E-state index in [9.17, 15) is 0 Å². The normalized spacial score (nSPS) is 17.0. The summed E-state index contributed by atoms with van der Waals surface area (Å²) in [7, 11) is 0. The van der Waals surface area contributed by atoms with E-state index in [4.69, 9.17) is 14.7 Å². The van der Waals surface area contributed by atoms with Gasteiger partial charge in [-0.2, -0.15) is 5.26 Å². The molecule has 1 aliphatic rings. The van der Waals surface area contributed by atoms with E-state index in [1.54, 1.807) is 12.1 Å². The SMILES string of the molecule is N#Cc1ccc(Nc2cccc(OCC3CCCO3)c2)nn1. The topological polar surface area (TPSA) is 80.1 Å². The minimum absolute atomic E-state index is 0.195. The van der Waals surface area contributed by atoms with Crippen LogP contribution in [0.4, 0.5) is 11.5 Å². The molecule has 1 aromatic heterocycles. The van der Waals surface area contributed by atoms with E-state index >= 15 is 0 Å². The van der Waals surface area contributed by atoms with Gasteiger partial charge in [-0.15, -0.1) is 10.2 Å². The monoisotopic (exact) mass is 296 g/mol. The third-order valence-electron chi connectivity index (χ3n) is 3.35. The van der Waals surface area contributed by atoms with E-state index in [0.29, 0.717) is 18.1 Å². The molecule has 0 radical (unpaired) electrons. The Hall–Kier alpha value is -2.65. The largest absolute Gasteiger partial charge is 0.491 e. The second-order valence-corrected chi connectivity index (χ2v) is 5.01. The first-order valence-electron chi connectivity index (χ1n) is 7.19. The molecule has 1 aliphatic heterocycles. The van der Waals surface area contributed by atoms with E-state index in [1.165, 1.54) is 0 Å². The van der Waals surface area contributed by atoms with Crippen molar-refractivity contribution in [1.29, 1.82) is 5.26 Å². The fraction of sp³-hybridized carbons (Fsp3) is 0.312. The molecule has 22 heavy (non-hydrogen) atoms. The molecular weight excluding hydrogens is 280 g/mol. The van der Waals surface area contributed by atoms with Gasteiger partial charge in [0.1, 0.15) is 18.4 Å². The van der Waals surface area contributed by atoms with Crippen molar-refractivity contribution in [3.05, 3.63) is 42.1 Å². The number of nitriles is 1. The molecule has 1 atom stereocenters. The Kier molecular flexibility index (Phi) is 4.47. The summed E-state index contributed by atoms with van der Waals surface area (Å²) >= 11 is 0. The Morgan fingerprint density at radius 3 is 3.00 bits per heavy atom. The lowest BCUT2D eigenvalue weighted by Crippen LogP contribution is -2.16. The zero-order valence-electron chi connectivity index (χ0n) is 12.0. The first-order valence-corrected chi connectivity index (χ1v) is 7.19. The maximum atomic E-state index is 8.70. The van der Waals surface area contributed by atoms with Crippen molar-refractivity contribution in [2.75, 3.05) is 18.5 Å². The number of benzene rings is 1. The van der Waals surface area contributed by atoms with Crippen LogP contribution < -0.4 is 10.1 Å². The Bertz CT molecular complexity index is 661. The molecule has 1 aromatic carbocycles. The van der Waals surface area contributed by atoms with Gasteiger partial charge in [0.05, 0.1) is 6.10 Å². The lowest BCUT2D eigenvalue weighted by molar-refractivity contribution is 0.0680. The van der Waals surface area contributed by atoms with E-state index in [0.717, 1.165) is 30.9 Å². The lowest BCUT2D eigenvalue weighted by atomic mass is 10.2. The number of anilines is 2. The van der Waals surface area contributed by atoms with E-state index in [2.05, 4.69) is 15.5 Å². The van der Waals surface area contributed by atoms with Gasteiger partial charge in [-0.05, 0) is 37.1 Å². The molecule has 0 saturated carbocycles. The molecule has 0 bridgehead atoms. The molecule has 1 unspecified atom stereocenters. The number of nitrogens with zero attached hydrogens (tertiary/aromatic N) is 3. The average molecular weight is 296 g/mol. The van der Waals surface area contributed by atoms with E-state index in [1.807, 2.05) is 30.3 Å². The van der Waals surface area contributed by atoms with Crippen LogP contribution in [0.5, 0.6) is 5.75 Å². The molecule has 1 N–H and O–H groups in total. The summed E-state index contributed by atoms with van der Waals surface area (Å²) in [5, 5.41) is 19.6. The van der Waals surface area contributed by atoms with Gasteiger partial charge in [0.2, 0.25) is 0 Å². The minimum atomic E-state index is 0.195. The Morgan fingerprint density at radius 2 is 2.27 bits per heavy atom. The number of ether oxygens (including phenoxy) is 2. The summed E-state index contributed by atoms with van der Waals surface area (Å²) in [6.45, 7) is 1.40. The van der Waals surface area contributed by atoms with Crippen LogP contribution in [-0.4, -0.2) is 29.5 Å². The molecule has 1 fully saturated rings. The molecule has 2 heterocycles. The first kappa shape index (κ1) is 14.3. The van der Waals surface area contributed by atoms with Gasteiger partial charge in [0, 0.05) is 18.4 Å². The highest BCUT2D eigenvalue weighted by molar-refractivity contribution is 5.57. The number of aromatic nitrogens is 2. The fourth-order valence-corrected chi connectivity index (χ4v) is 2.24. The van der Waals surface area contributed by atoms with Gasteiger partial charge in [-0.1, -0.05) is 6.07 Å². The third kappa shape index (κ3) is 3.71. The fourth-order valence-electron chi connectivity index (χ4n) is 2.24. The Labute approximate surface area is 128 Å².